The van der Waals surface area contributed by atoms with E-state index in [0.29, 0.717) is 17.9 Å². The molecular formula is C23H29BrN2O4. The van der Waals surface area contributed by atoms with Crippen molar-refractivity contribution in [2.75, 3.05) is 13.7 Å². The number of hydrogen-bond donors (Lipinski definition) is 1. The SMILES string of the molecule is CC[C@H](C(=O)NC(C)C)N(Cc1cccc(OC)c1)C(=O)COc1ccc(Br)cc1. The molecule has 0 radical (unpaired) electrons. The lowest BCUT2D eigenvalue weighted by Gasteiger charge is -2.31. The maximum atomic E-state index is 13.1. The van der Waals surface area contributed by atoms with Gasteiger partial charge in [-0.25, -0.2) is 0 Å². The Kier molecular flexibility index (Phi) is 9.17. The molecule has 30 heavy (non-hydrogen) atoms. The van der Waals surface area contributed by atoms with Crippen LogP contribution in [0.15, 0.2) is 53.0 Å². The monoisotopic (exact) mass is 476 g/mol. The minimum atomic E-state index is -0.598. The van der Waals surface area contributed by atoms with Crippen molar-refractivity contribution >= 4 is 27.7 Å². The number of ether oxygens (including phenoxy) is 2. The largest absolute Gasteiger partial charge is 0.497 e. The molecule has 0 bridgehead atoms. The van der Waals surface area contributed by atoms with Crippen LogP contribution in [0.4, 0.5) is 0 Å². The highest BCUT2D eigenvalue weighted by Gasteiger charge is 2.29. The Hall–Kier alpha value is -2.54. The van der Waals surface area contributed by atoms with Crippen LogP contribution >= 0.6 is 15.9 Å². The molecule has 162 valence electrons. The summed E-state index contributed by atoms with van der Waals surface area (Å²) in [6.45, 7) is 5.82. The quantitative estimate of drug-likeness (QED) is 0.558. The third-order valence-corrected chi connectivity index (χ3v) is 5.01. The fourth-order valence-corrected chi connectivity index (χ4v) is 3.29. The van der Waals surface area contributed by atoms with Crippen LogP contribution in [0.1, 0.15) is 32.8 Å². The van der Waals surface area contributed by atoms with Gasteiger partial charge >= 0.3 is 0 Å². The predicted octanol–water partition coefficient (Wildman–Crippen LogP) is 4.17. The van der Waals surface area contributed by atoms with E-state index < -0.39 is 6.04 Å². The summed E-state index contributed by atoms with van der Waals surface area (Å²) in [5.41, 5.74) is 0.877. The van der Waals surface area contributed by atoms with Gasteiger partial charge in [-0.3, -0.25) is 9.59 Å². The van der Waals surface area contributed by atoms with Gasteiger partial charge in [0, 0.05) is 17.1 Å². The van der Waals surface area contributed by atoms with Crippen molar-refractivity contribution < 1.29 is 19.1 Å². The third-order valence-electron chi connectivity index (χ3n) is 4.48. The fourth-order valence-electron chi connectivity index (χ4n) is 3.03. The van der Waals surface area contributed by atoms with Gasteiger partial charge in [-0.05, 0) is 62.2 Å². The highest BCUT2D eigenvalue weighted by molar-refractivity contribution is 9.10. The summed E-state index contributed by atoms with van der Waals surface area (Å²) in [4.78, 5) is 27.5. The molecule has 2 rings (SSSR count). The van der Waals surface area contributed by atoms with Gasteiger partial charge in [0.2, 0.25) is 5.91 Å². The number of nitrogens with zero attached hydrogens (tertiary/aromatic N) is 1. The van der Waals surface area contributed by atoms with E-state index in [1.807, 2.05) is 57.2 Å². The van der Waals surface area contributed by atoms with Crippen LogP contribution < -0.4 is 14.8 Å². The first-order valence-electron chi connectivity index (χ1n) is 9.95. The molecule has 0 spiro atoms. The van der Waals surface area contributed by atoms with Crippen LogP contribution in [0.2, 0.25) is 0 Å². The van der Waals surface area contributed by atoms with E-state index in [0.717, 1.165) is 10.0 Å². The van der Waals surface area contributed by atoms with E-state index in [4.69, 9.17) is 9.47 Å². The van der Waals surface area contributed by atoms with E-state index in [1.165, 1.54) is 0 Å². The Morgan fingerprint density at radius 1 is 1.10 bits per heavy atom. The van der Waals surface area contributed by atoms with Gasteiger partial charge in [0.15, 0.2) is 6.61 Å². The summed E-state index contributed by atoms with van der Waals surface area (Å²) in [6, 6.07) is 14.1. The van der Waals surface area contributed by atoms with Crippen molar-refractivity contribution in [1.82, 2.24) is 10.2 Å². The molecule has 1 atom stereocenters. The minimum Gasteiger partial charge on any atom is -0.497 e. The van der Waals surface area contributed by atoms with E-state index >= 15 is 0 Å². The van der Waals surface area contributed by atoms with E-state index in [-0.39, 0.29) is 31.0 Å². The molecule has 0 aromatic heterocycles. The van der Waals surface area contributed by atoms with Crippen molar-refractivity contribution in [2.24, 2.45) is 0 Å². The van der Waals surface area contributed by atoms with Crippen molar-refractivity contribution in [1.29, 1.82) is 0 Å². The molecule has 0 heterocycles. The molecule has 7 heteroatoms. The lowest BCUT2D eigenvalue weighted by Crippen LogP contribution is -2.51. The summed E-state index contributed by atoms with van der Waals surface area (Å²) in [6.07, 6.45) is 0.493. The van der Waals surface area contributed by atoms with Gasteiger partial charge in [-0.2, -0.15) is 0 Å². The normalized spacial score (nSPS) is 11.7. The highest BCUT2D eigenvalue weighted by atomic mass is 79.9. The summed E-state index contributed by atoms with van der Waals surface area (Å²) in [7, 11) is 1.60. The standard InChI is InChI=1S/C23H29BrN2O4/c1-5-21(23(28)25-16(2)3)26(14-17-7-6-8-20(13-17)29-4)22(27)15-30-19-11-9-18(24)10-12-19/h6-13,16,21H,5,14-15H2,1-4H3,(H,25,28)/t21-/m1/s1. The van der Waals surface area contributed by atoms with Crippen LogP contribution in [0, 0.1) is 0 Å². The summed E-state index contributed by atoms with van der Waals surface area (Å²) < 4.78 is 11.9. The van der Waals surface area contributed by atoms with Gasteiger partial charge in [0.25, 0.3) is 5.91 Å². The average Bonchev–Trinajstić information content (AvgIpc) is 2.72. The molecule has 0 aliphatic heterocycles. The van der Waals surface area contributed by atoms with Crippen LogP contribution in [-0.4, -0.2) is 42.5 Å². The number of rotatable bonds is 10. The molecule has 0 aliphatic carbocycles. The Morgan fingerprint density at radius 2 is 1.80 bits per heavy atom. The van der Waals surface area contributed by atoms with Gasteiger partial charge < -0.3 is 19.7 Å². The molecule has 6 nitrogen and oxygen atoms in total. The Balaban J connectivity index is 2.22. The zero-order valence-electron chi connectivity index (χ0n) is 17.9. The van der Waals surface area contributed by atoms with Gasteiger partial charge in [0.05, 0.1) is 7.11 Å². The van der Waals surface area contributed by atoms with Crippen LogP contribution in [0.5, 0.6) is 11.5 Å². The molecule has 0 aliphatic rings. The average molecular weight is 477 g/mol. The number of hydrogen-bond acceptors (Lipinski definition) is 4. The maximum Gasteiger partial charge on any atom is 0.261 e. The molecular weight excluding hydrogens is 448 g/mol. The lowest BCUT2D eigenvalue weighted by molar-refractivity contribution is -0.143. The number of carbonyl (C=O) groups is 2. The first-order chi connectivity index (χ1) is 14.3. The summed E-state index contributed by atoms with van der Waals surface area (Å²) in [5.74, 6) is 0.858. The molecule has 0 saturated heterocycles. The second-order valence-electron chi connectivity index (χ2n) is 7.20. The van der Waals surface area contributed by atoms with E-state index in [9.17, 15) is 9.59 Å². The van der Waals surface area contributed by atoms with Crippen molar-refractivity contribution in [3.05, 3.63) is 58.6 Å². The van der Waals surface area contributed by atoms with Crippen LogP contribution in [0.25, 0.3) is 0 Å². The van der Waals surface area contributed by atoms with E-state index in [2.05, 4.69) is 21.2 Å². The van der Waals surface area contributed by atoms with Crippen LogP contribution in [0.3, 0.4) is 0 Å². The number of benzene rings is 2. The third kappa shape index (κ3) is 7.06. The molecule has 0 unspecified atom stereocenters. The number of carbonyl (C=O) groups excluding carboxylic acids is 2. The molecule has 2 aromatic rings. The Bertz CT molecular complexity index is 839. The fraction of sp³-hybridized carbons (Fsp3) is 0.391. The van der Waals surface area contributed by atoms with Gasteiger partial charge in [-0.15, -0.1) is 0 Å². The second-order valence-corrected chi connectivity index (χ2v) is 8.12. The molecule has 1 N–H and O–H groups in total. The maximum absolute atomic E-state index is 13.1. The molecule has 2 amide bonds. The van der Waals surface area contributed by atoms with Gasteiger partial charge in [-0.1, -0.05) is 35.0 Å². The topological polar surface area (TPSA) is 67.9 Å². The first kappa shape index (κ1) is 23.7. The zero-order chi connectivity index (χ0) is 22.1. The van der Waals surface area contributed by atoms with Crippen molar-refractivity contribution in [2.45, 2.75) is 45.8 Å². The Morgan fingerprint density at radius 3 is 2.40 bits per heavy atom. The predicted molar refractivity (Wildman–Crippen MR) is 121 cm³/mol. The molecule has 2 aromatic carbocycles. The summed E-state index contributed by atoms with van der Waals surface area (Å²) in [5, 5.41) is 2.91. The first-order valence-corrected chi connectivity index (χ1v) is 10.7. The van der Waals surface area contributed by atoms with Crippen LogP contribution in [-0.2, 0) is 16.1 Å². The van der Waals surface area contributed by atoms with Crippen molar-refractivity contribution in [3.63, 3.8) is 0 Å². The minimum absolute atomic E-state index is 0.0145. The molecule has 0 fully saturated rings. The number of amides is 2. The Labute approximate surface area is 186 Å². The second kappa shape index (κ2) is 11.6. The van der Waals surface area contributed by atoms with Gasteiger partial charge in [0.1, 0.15) is 17.5 Å². The van der Waals surface area contributed by atoms with E-state index in [1.54, 1.807) is 24.1 Å². The lowest BCUT2D eigenvalue weighted by atomic mass is 10.1. The number of methoxy groups -OCH3 is 1. The highest BCUT2D eigenvalue weighted by Crippen LogP contribution is 2.19. The smallest absolute Gasteiger partial charge is 0.261 e. The molecule has 0 saturated carbocycles. The zero-order valence-corrected chi connectivity index (χ0v) is 19.4. The summed E-state index contributed by atoms with van der Waals surface area (Å²) >= 11 is 3.38. The number of nitrogens with one attached hydrogen (secondary N) is 1. The van der Waals surface area contributed by atoms with Crippen molar-refractivity contribution in [3.8, 4) is 11.5 Å². The number of halogens is 1.